The number of aryl methyl sites for hydroxylation is 2. The second-order valence-corrected chi connectivity index (χ2v) is 7.88. The topological polar surface area (TPSA) is 72.7 Å². The summed E-state index contributed by atoms with van der Waals surface area (Å²) in [5.41, 5.74) is 1.06. The van der Waals surface area contributed by atoms with Gasteiger partial charge in [-0.05, 0) is 24.5 Å². The van der Waals surface area contributed by atoms with E-state index in [4.69, 9.17) is 11.6 Å². The molecule has 1 amide bonds. The standard InChI is InChI=1S/C18H18ClN5OS/c19-15-4-2-1-3-13(15)9-14-10-20-18(26-14)22-17(25)12-5-6-16-23-21-11-24(16)8-7-12/h1-4,10-12H,5-9H2,(H,20,22,25). The minimum atomic E-state index is -0.0346. The zero-order valence-corrected chi connectivity index (χ0v) is 15.6. The molecular weight excluding hydrogens is 370 g/mol. The zero-order valence-electron chi connectivity index (χ0n) is 14.1. The van der Waals surface area contributed by atoms with Gasteiger partial charge in [-0.25, -0.2) is 4.98 Å². The van der Waals surface area contributed by atoms with Crippen LogP contribution >= 0.6 is 22.9 Å². The first-order chi connectivity index (χ1) is 12.7. The number of nitrogens with one attached hydrogen (secondary N) is 1. The van der Waals surface area contributed by atoms with Crippen LogP contribution in [0.3, 0.4) is 0 Å². The summed E-state index contributed by atoms with van der Waals surface area (Å²) in [5.74, 6) is 0.951. The predicted molar refractivity (Wildman–Crippen MR) is 101 cm³/mol. The average molecular weight is 388 g/mol. The number of hydrogen-bond acceptors (Lipinski definition) is 5. The molecule has 0 aliphatic carbocycles. The maximum absolute atomic E-state index is 12.6. The third-order valence-corrected chi connectivity index (χ3v) is 5.89. The zero-order chi connectivity index (χ0) is 17.9. The summed E-state index contributed by atoms with van der Waals surface area (Å²) in [4.78, 5) is 18.0. The Kier molecular flexibility index (Phi) is 4.99. The number of halogens is 1. The van der Waals surface area contributed by atoms with Crippen molar-refractivity contribution in [3.8, 4) is 0 Å². The molecule has 8 heteroatoms. The first-order valence-electron chi connectivity index (χ1n) is 8.54. The van der Waals surface area contributed by atoms with Gasteiger partial charge in [-0.1, -0.05) is 29.8 Å². The number of nitrogens with zero attached hydrogens (tertiary/aromatic N) is 4. The van der Waals surface area contributed by atoms with E-state index in [-0.39, 0.29) is 11.8 Å². The number of thiazole rings is 1. The van der Waals surface area contributed by atoms with Crippen molar-refractivity contribution in [2.24, 2.45) is 5.92 Å². The van der Waals surface area contributed by atoms with Crippen molar-refractivity contribution in [3.05, 3.63) is 58.1 Å². The van der Waals surface area contributed by atoms with Crippen LogP contribution in [0.5, 0.6) is 0 Å². The van der Waals surface area contributed by atoms with Gasteiger partial charge in [-0.2, -0.15) is 0 Å². The first kappa shape index (κ1) is 17.2. The number of aromatic nitrogens is 4. The molecule has 1 unspecified atom stereocenters. The second kappa shape index (κ2) is 7.55. The van der Waals surface area contributed by atoms with Crippen LogP contribution in [0.4, 0.5) is 5.13 Å². The molecule has 0 saturated carbocycles. The fraction of sp³-hybridized carbons (Fsp3) is 0.333. The molecule has 134 valence electrons. The molecule has 1 N–H and O–H groups in total. The van der Waals surface area contributed by atoms with E-state index in [1.165, 1.54) is 11.3 Å². The van der Waals surface area contributed by atoms with E-state index in [1.54, 1.807) is 12.5 Å². The van der Waals surface area contributed by atoms with Crippen molar-refractivity contribution in [3.63, 3.8) is 0 Å². The summed E-state index contributed by atoms with van der Waals surface area (Å²) >= 11 is 7.71. The molecule has 1 aliphatic rings. The van der Waals surface area contributed by atoms with Crippen LogP contribution in [0.25, 0.3) is 0 Å². The lowest BCUT2D eigenvalue weighted by molar-refractivity contribution is -0.120. The van der Waals surface area contributed by atoms with E-state index in [9.17, 15) is 4.79 Å². The summed E-state index contributed by atoms with van der Waals surface area (Å²) in [6.07, 6.45) is 6.59. The Bertz CT molecular complexity index is 899. The largest absolute Gasteiger partial charge is 0.318 e. The molecule has 0 spiro atoms. The van der Waals surface area contributed by atoms with Gasteiger partial charge in [0.2, 0.25) is 5.91 Å². The Morgan fingerprint density at radius 1 is 1.35 bits per heavy atom. The van der Waals surface area contributed by atoms with Gasteiger partial charge in [0.05, 0.1) is 0 Å². The van der Waals surface area contributed by atoms with Gasteiger partial charge in [0.1, 0.15) is 12.2 Å². The lowest BCUT2D eigenvalue weighted by atomic mass is 10.00. The van der Waals surface area contributed by atoms with Crippen LogP contribution in [0.2, 0.25) is 5.02 Å². The van der Waals surface area contributed by atoms with E-state index >= 15 is 0 Å². The van der Waals surface area contributed by atoms with Crippen LogP contribution in [0, 0.1) is 5.92 Å². The van der Waals surface area contributed by atoms with Gasteiger partial charge in [0.25, 0.3) is 0 Å². The molecule has 3 heterocycles. The van der Waals surface area contributed by atoms with Crippen molar-refractivity contribution in [2.45, 2.75) is 32.2 Å². The molecule has 0 saturated heterocycles. The molecule has 0 fully saturated rings. The van der Waals surface area contributed by atoms with Crippen molar-refractivity contribution >= 4 is 34.0 Å². The Labute approximate surface area is 160 Å². The van der Waals surface area contributed by atoms with E-state index in [2.05, 4.69) is 20.5 Å². The van der Waals surface area contributed by atoms with Gasteiger partial charge >= 0.3 is 0 Å². The molecule has 1 atom stereocenters. The average Bonchev–Trinajstić information content (AvgIpc) is 3.22. The lowest BCUT2D eigenvalue weighted by Gasteiger charge is -2.12. The molecule has 4 rings (SSSR count). The van der Waals surface area contributed by atoms with Crippen molar-refractivity contribution < 1.29 is 4.79 Å². The van der Waals surface area contributed by atoms with Gasteiger partial charge < -0.3 is 9.88 Å². The van der Waals surface area contributed by atoms with Crippen molar-refractivity contribution in [1.29, 1.82) is 0 Å². The van der Waals surface area contributed by atoms with Crippen LogP contribution in [0.1, 0.15) is 29.1 Å². The number of benzene rings is 1. The summed E-state index contributed by atoms with van der Waals surface area (Å²) < 4.78 is 2.03. The molecule has 3 aromatic rings. The number of carbonyl (C=O) groups excluding carboxylic acids is 1. The first-order valence-corrected chi connectivity index (χ1v) is 9.74. The fourth-order valence-corrected chi connectivity index (χ4v) is 4.19. The van der Waals surface area contributed by atoms with E-state index in [0.717, 1.165) is 47.1 Å². The fourth-order valence-electron chi connectivity index (χ4n) is 3.15. The van der Waals surface area contributed by atoms with E-state index in [0.29, 0.717) is 11.6 Å². The maximum Gasteiger partial charge on any atom is 0.229 e. The van der Waals surface area contributed by atoms with Crippen LogP contribution < -0.4 is 5.32 Å². The van der Waals surface area contributed by atoms with Crippen LogP contribution in [-0.2, 0) is 24.2 Å². The normalized spacial score (nSPS) is 16.7. The summed E-state index contributed by atoms with van der Waals surface area (Å²) in [5, 5.41) is 12.4. The highest BCUT2D eigenvalue weighted by atomic mass is 35.5. The monoisotopic (exact) mass is 387 g/mol. The lowest BCUT2D eigenvalue weighted by Crippen LogP contribution is -2.23. The number of anilines is 1. The van der Waals surface area contributed by atoms with Crippen LogP contribution in [0.15, 0.2) is 36.8 Å². The second-order valence-electron chi connectivity index (χ2n) is 6.35. The third-order valence-electron chi connectivity index (χ3n) is 4.61. The Hall–Kier alpha value is -2.25. The van der Waals surface area contributed by atoms with Crippen molar-refractivity contribution in [2.75, 3.05) is 5.32 Å². The number of hydrogen-bond donors (Lipinski definition) is 1. The SMILES string of the molecule is O=C(Nc1ncc(Cc2ccccc2Cl)s1)C1CCc2nncn2CC1. The molecule has 1 aliphatic heterocycles. The summed E-state index contributed by atoms with van der Waals surface area (Å²) in [7, 11) is 0. The molecule has 1 aromatic carbocycles. The third kappa shape index (κ3) is 3.78. The number of carbonyl (C=O) groups is 1. The van der Waals surface area contributed by atoms with Crippen molar-refractivity contribution in [1.82, 2.24) is 19.7 Å². The highest BCUT2D eigenvalue weighted by Crippen LogP contribution is 2.26. The minimum Gasteiger partial charge on any atom is -0.318 e. The number of fused-ring (bicyclic) bond motifs is 1. The van der Waals surface area contributed by atoms with E-state index < -0.39 is 0 Å². The number of rotatable bonds is 4. The van der Waals surface area contributed by atoms with Gasteiger partial charge in [0, 0.05) is 41.4 Å². The summed E-state index contributed by atoms with van der Waals surface area (Å²) in [6, 6.07) is 7.77. The highest BCUT2D eigenvalue weighted by molar-refractivity contribution is 7.15. The Balaban J connectivity index is 1.37. The van der Waals surface area contributed by atoms with E-state index in [1.807, 2.05) is 28.8 Å². The van der Waals surface area contributed by atoms with Gasteiger partial charge in [-0.15, -0.1) is 21.5 Å². The predicted octanol–water partition coefficient (Wildman–Crippen LogP) is 3.57. The molecule has 0 radical (unpaired) electrons. The molecule has 0 bridgehead atoms. The summed E-state index contributed by atoms with van der Waals surface area (Å²) in [6.45, 7) is 0.774. The molecule has 6 nitrogen and oxygen atoms in total. The van der Waals surface area contributed by atoms with Crippen LogP contribution in [-0.4, -0.2) is 25.7 Å². The smallest absolute Gasteiger partial charge is 0.229 e. The quantitative estimate of drug-likeness (QED) is 0.742. The Morgan fingerprint density at radius 3 is 3.12 bits per heavy atom. The Morgan fingerprint density at radius 2 is 2.23 bits per heavy atom. The minimum absolute atomic E-state index is 0.0300. The number of amides is 1. The van der Waals surface area contributed by atoms with Gasteiger partial charge in [-0.3, -0.25) is 4.79 Å². The maximum atomic E-state index is 12.6. The van der Waals surface area contributed by atoms with Gasteiger partial charge in [0.15, 0.2) is 5.13 Å². The highest BCUT2D eigenvalue weighted by Gasteiger charge is 2.23. The molecule has 26 heavy (non-hydrogen) atoms. The molecular formula is C18H18ClN5OS. The molecule has 2 aromatic heterocycles.